The molecule has 0 fully saturated rings. The lowest BCUT2D eigenvalue weighted by atomic mass is 10.1. The number of methoxy groups -OCH3 is 1. The second kappa shape index (κ2) is 5.83. The van der Waals surface area contributed by atoms with Crippen LogP contribution in [0.25, 0.3) is 0 Å². The quantitative estimate of drug-likeness (QED) is 0.710. The molecule has 0 spiro atoms. The van der Waals surface area contributed by atoms with E-state index in [1.54, 1.807) is 12.1 Å². The van der Waals surface area contributed by atoms with E-state index in [0.29, 0.717) is 16.3 Å². The second-order valence-electron chi connectivity index (χ2n) is 3.51. The predicted octanol–water partition coefficient (Wildman–Crippen LogP) is 4.97. The number of hydrogen-bond acceptors (Lipinski definition) is 1. The van der Waals surface area contributed by atoms with Crippen molar-refractivity contribution < 1.29 is 17.9 Å². The third kappa shape index (κ3) is 4.64. The van der Waals surface area contributed by atoms with Crippen LogP contribution in [0.1, 0.15) is 23.8 Å². The van der Waals surface area contributed by atoms with Crippen molar-refractivity contribution in [2.24, 2.45) is 0 Å². The van der Waals surface area contributed by atoms with Gasteiger partial charge in [0, 0.05) is 17.0 Å². The Hall–Kier alpha value is -0.610. The Labute approximate surface area is 107 Å². The molecule has 1 nitrogen and oxygen atoms in total. The molecule has 0 aliphatic carbocycles. The first-order valence-electron chi connectivity index (χ1n) is 4.88. The van der Waals surface area contributed by atoms with Gasteiger partial charge in [0.15, 0.2) is 0 Å². The highest BCUT2D eigenvalue weighted by Gasteiger charge is 2.28. The van der Waals surface area contributed by atoms with Crippen molar-refractivity contribution >= 4 is 23.2 Å². The van der Waals surface area contributed by atoms with Crippen LogP contribution in [0.2, 0.25) is 5.02 Å². The van der Waals surface area contributed by atoms with Crippen LogP contribution in [0.15, 0.2) is 18.2 Å². The first kappa shape index (κ1) is 14.5. The van der Waals surface area contributed by atoms with E-state index in [-0.39, 0.29) is 6.42 Å². The first-order valence-corrected chi connectivity index (χ1v) is 5.69. The molecular formula is C11H11Cl2F3O. The highest BCUT2D eigenvalue weighted by atomic mass is 35.5. The monoisotopic (exact) mass is 286 g/mol. The number of alkyl halides is 4. The third-order valence-corrected chi connectivity index (χ3v) is 2.90. The molecule has 0 radical (unpaired) electrons. The summed E-state index contributed by atoms with van der Waals surface area (Å²) in [6, 6.07) is 4.70. The number of rotatable bonds is 4. The lowest BCUT2D eigenvalue weighted by Gasteiger charge is -2.15. The SMILES string of the molecule is COc1ccc(Cl)cc1C(Cl)CCC(F)(F)F. The maximum atomic E-state index is 12.1. The van der Waals surface area contributed by atoms with Crippen LogP contribution >= 0.6 is 23.2 Å². The van der Waals surface area contributed by atoms with Crippen LogP contribution in [-0.2, 0) is 0 Å². The van der Waals surface area contributed by atoms with E-state index in [0.717, 1.165) is 0 Å². The van der Waals surface area contributed by atoms with E-state index in [9.17, 15) is 13.2 Å². The number of halogens is 5. The minimum atomic E-state index is -4.21. The molecule has 1 unspecified atom stereocenters. The van der Waals surface area contributed by atoms with E-state index in [1.165, 1.54) is 13.2 Å². The van der Waals surface area contributed by atoms with E-state index >= 15 is 0 Å². The molecule has 0 saturated heterocycles. The minimum absolute atomic E-state index is 0.207. The van der Waals surface area contributed by atoms with Gasteiger partial charge in [-0.2, -0.15) is 13.2 Å². The van der Waals surface area contributed by atoms with Crippen molar-refractivity contribution in [2.45, 2.75) is 24.4 Å². The minimum Gasteiger partial charge on any atom is -0.496 e. The van der Waals surface area contributed by atoms with Gasteiger partial charge in [-0.25, -0.2) is 0 Å². The smallest absolute Gasteiger partial charge is 0.389 e. The van der Waals surface area contributed by atoms with Gasteiger partial charge in [-0.05, 0) is 24.6 Å². The summed E-state index contributed by atoms with van der Waals surface area (Å²) in [6.07, 6.45) is -5.35. The average Bonchev–Trinajstić information content (AvgIpc) is 2.25. The number of hydrogen-bond donors (Lipinski definition) is 0. The maximum absolute atomic E-state index is 12.1. The number of ether oxygens (including phenoxy) is 1. The molecule has 1 aromatic carbocycles. The third-order valence-electron chi connectivity index (χ3n) is 2.21. The van der Waals surface area contributed by atoms with Crippen LogP contribution in [0, 0.1) is 0 Å². The molecule has 0 bridgehead atoms. The molecule has 0 aliphatic heterocycles. The second-order valence-corrected chi connectivity index (χ2v) is 4.47. The van der Waals surface area contributed by atoms with Crippen LogP contribution in [0.4, 0.5) is 13.2 Å². The van der Waals surface area contributed by atoms with E-state index in [4.69, 9.17) is 27.9 Å². The summed E-state index contributed by atoms with van der Waals surface area (Å²) in [5, 5.41) is -0.358. The summed E-state index contributed by atoms with van der Waals surface area (Å²) < 4.78 is 41.3. The highest BCUT2D eigenvalue weighted by Crippen LogP contribution is 2.37. The average molecular weight is 287 g/mol. The Bertz CT molecular complexity index is 379. The molecule has 1 rings (SSSR count). The standard InChI is InChI=1S/C11H11Cl2F3O/c1-17-10-3-2-7(12)6-8(10)9(13)4-5-11(14,15)16/h2-3,6,9H,4-5H2,1H3. The van der Waals surface area contributed by atoms with Crippen molar-refractivity contribution in [1.82, 2.24) is 0 Å². The molecule has 6 heteroatoms. The fourth-order valence-electron chi connectivity index (χ4n) is 1.40. The van der Waals surface area contributed by atoms with E-state index < -0.39 is 18.0 Å². The molecule has 17 heavy (non-hydrogen) atoms. The Morgan fingerprint density at radius 2 is 2.00 bits per heavy atom. The van der Waals surface area contributed by atoms with Crippen molar-refractivity contribution in [3.05, 3.63) is 28.8 Å². The number of benzene rings is 1. The van der Waals surface area contributed by atoms with Crippen LogP contribution in [0.3, 0.4) is 0 Å². The van der Waals surface area contributed by atoms with E-state index in [1.807, 2.05) is 0 Å². The van der Waals surface area contributed by atoms with Gasteiger partial charge in [0.2, 0.25) is 0 Å². The molecule has 1 atom stereocenters. The van der Waals surface area contributed by atoms with Gasteiger partial charge >= 0.3 is 6.18 Å². The van der Waals surface area contributed by atoms with Crippen LogP contribution < -0.4 is 4.74 Å². The van der Waals surface area contributed by atoms with Crippen molar-refractivity contribution in [1.29, 1.82) is 0 Å². The Kier molecular flexibility index (Phi) is 4.95. The molecule has 1 aromatic rings. The molecular weight excluding hydrogens is 276 g/mol. The fourth-order valence-corrected chi connectivity index (χ4v) is 1.86. The summed E-state index contributed by atoms with van der Waals surface area (Å²) in [7, 11) is 1.43. The van der Waals surface area contributed by atoms with Gasteiger partial charge < -0.3 is 4.74 Å². The Balaban J connectivity index is 2.80. The molecule has 0 saturated carbocycles. The van der Waals surface area contributed by atoms with Crippen molar-refractivity contribution in [2.75, 3.05) is 7.11 Å². The molecule has 0 aromatic heterocycles. The van der Waals surface area contributed by atoms with Crippen LogP contribution in [-0.4, -0.2) is 13.3 Å². The van der Waals surface area contributed by atoms with Gasteiger partial charge in [0.05, 0.1) is 12.5 Å². The molecule has 0 N–H and O–H groups in total. The molecule has 0 aliphatic rings. The molecule has 0 heterocycles. The zero-order valence-corrected chi connectivity index (χ0v) is 10.5. The lowest BCUT2D eigenvalue weighted by molar-refractivity contribution is -0.135. The zero-order valence-electron chi connectivity index (χ0n) is 9.02. The van der Waals surface area contributed by atoms with Crippen molar-refractivity contribution in [3.63, 3.8) is 0 Å². The fraction of sp³-hybridized carbons (Fsp3) is 0.455. The van der Waals surface area contributed by atoms with Gasteiger partial charge in [-0.1, -0.05) is 11.6 Å². The highest BCUT2D eigenvalue weighted by molar-refractivity contribution is 6.30. The summed E-state index contributed by atoms with van der Waals surface area (Å²) in [5.41, 5.74) is 0.478. The van der Waals surface area contributed by atoms with Gasteiger partial charge in [0.25, 0.3) is 0 Å². The topological polar surface area (TPSA) is 9.23 Å². The van der Waals surface area contributed by atoms with Crippen molar-refractivity contribution in [3.8, 4) is 5.75 Å². The molecule has 96 valence electrons. The molecule has 0 amide bonds. The normalized spacial score (nSPS) is 13.5. The Morgan fingerprint density at radius 3 is 2.53 bits per heavy atom. The predicted molar refractivity (Wildman–Crippen MR) is 61.9 cm³/mol. The van der Waals surface area contributed by atoms with E-state index in [2.05, 4.69) is 0 Å². The summed E-state index contributed by atoms with van der Waals surface area (Å²) in [4.78, 5) is 0. The van der Waals surface area contributed by atoms with Crippen LogP contribution in [0.5, 0.6) is 5.75 Å². The summed E-state index contributed by atoms with van der Waals surface area (Å²) in [5.74, 6) is 0.441. The first-order chi connectivity index (χ1) is 7.83. The Morgan fingerprint density at radius 1 is 1.35 bits per heavy atom. The van der Waals surface area contributed by atoms with Gasteiger partial charge in [-0.15, -0.1) is 11.6 Å². The lowest BCUT2D eigenvalue weighted by Crippen LogP contribution is -2.08. The largest absolute Gasteiger partial charge is 0.496 e. The maximum Gasteiger partial charge on any atom is 0.389 e. The summed E-state index contributed by atoms with van der Waals surface area (Å²) in [6.45, 7) is 0. The van der Waals surface area contributed by atoms with Gasteiger partial charge in [-0.3, -0.25) is 0 Å². The van der Waals surface area contributed by atoms with Gasteiger partial charge in [0.1, 0.15) is 5.75 Å². The summed E-state index contributed by atoms with van der Waals surface area (Å²) >= 11 is 11.7. The zero-order chi connectivity index (χ0) is 13.1.